The van der Waals surface area contributed by atoms with E-state index >= 15 is 0 Å². The minimum absolute atomic E-state index is 1.04. The van der Waals surface area contributed by atoms with E-state index < -0.39 is 0 Å². The average molecular weight is 348 g/mol. The number of benzene rings is 2. The first-order chi connectivity index (χ1) is 11.9. The van der Waals surface area contributed by atoms with Crippen molar-refractivity contribution < 1.29 is 0 Å². The molecule has 0 aliphatic carbocycles. The summed E-state index contributed by atoms with van der Waals surface area (Å²) in [5.41, 5.74) is 11.1. The minimum atomic E-state index is 1.04. The first-order valence-corrected chi connectivity index (χ1v) is 9.44. The highest BCUT2D eigenvalue weighted by Crippen LogP contribution is 2.28. The lowest BCUT2D eigenvalue weighted by atomic mass is 10.1. The van der Waals surface area contributed by atoms with Crippen molar-refractivity contribution in [3.05, 3.63) is 83.6 Å². The summed E-state index contributed by atoms with van der Waals surface area (Å²) >= 11 is 3.51. The Hall–Kier alpha value is -2.56. The van der Waals surface area contributed by atoms with Gasteiger partial charge in [0, 0.05) is 9.75 Å². The van der Waals surface area contributed by atoms with Crippen LogP contribution in [-0.4, -0.2) is 0 Å². The SMILES string of the molecule is c1cc(NNc2cccc(-c3cccs3)c2)cc(-c2cccs2)c1. The highest BCUT2D eigenvalue weighted by molar-refractivity contribution is 7.13. The van der Waals surface area contributed by atoms with Gasteiger partial charge in [-0.3, -0.25) is 0 Å². The van der Waals surface area contributed by atoms with Gasteiger partial charge in [-0.1, -0.05) is 36.4 Å². The van der Waals surface area contributed by atoms with Crippen LogP contribution in [0.2, 0.25) is 0 Å². The summed E-state index contributed by atoms with van der Waals surface area (Å²) in [5.74, 6) is 0. The molecule has 24 heavy (non-hydrogen) atoms. The van der Waals surface area contributed by atoms with E-state index in [4.69, 9.17) is 0 Å². The van der Waals surface area contributed by atoms with E-state index in [0.29, 0.717) is 0 Å². The summed E-state index contributed by atoms with van der Waals surface area (Å²) in [6, 6.07) is 25.3. The van der Waals surface area contributed by atoms with E-state index in [1.54, 1.807) is 22.7 Å². The van der Waals surface area contributed by atoms with Gasteiger partial charge in [0.05, 0.1) is 11.4 Å². The Morgan fingerprint density at radius 3 is 1.46 bits per heavy atom. The molecule has 0 saturated carbocycles. The van der Waals surface area contributed by atoms with E-state index in [2.05, 4.69) is 94.4 Å². The smallest absolute Gasteiger partial charge is 0.0546 e. The number of anilines is 2. The molecule has 2 nitrogen and oxygen atoms in total. The summed E-state index contributed by atoms with van der Waals surface area (Å²) in [5, 5.41) is 4.20. The lowest BCUT2D eigenvalue weighted by molar-refractivity contribution is 1.42. The van der Waals surface area contributed by atoms with Gasteiger partial charge in [-0.05, 0) is 58.3 Å². The number of hydrogen-bond donors (Lipinski definition) is 2. The molecular weight excluding hydrogens is 332 g/mol. The molecule has 0 unspecified atom stereocenters. The van der Waals surface area contributed by atoms with Crippen LogP contribution in [0.3, 0.4) is 0 Å². The molecule has 2 heterocycles. The Balaban J connectivity index is 1.49. The molecule has 0 aliphatic rings. The largest absolute Gasteiger partial charge is 0.301 e. The van der Waals surface area contributed by atoms with Crippen LogP contribution in [0.25, 0.3) is 20.9 Å². The van der Waals surface area contributed by atoms with Gasteiger partial charge in [0.15, 0.2) is 0 Å². The van der Waals surface area contributed by atoms with Crippen molar-refractivity contribution in [3.8, 4) is 20.9 Å². The van der Waals surface area contributed by atoms with E-state index in [0.717, 1.165) is 11.4 Å². The number of hydrazine groups is 1. The topological polar surface area (TPSA) is 24.1 Å². The third-order valence-electron chi connectivity index (χ3n) is 3.69. The van der Waals surface area contributed by atoms with E-state index in [1.165, 1.54) is 20.9 Å². The molecule has 0 amide bonds. The van der Waals surface area contributed by atoms with Crippen LogP contribution in [0.4, 0.5) is 11.4 Å². The zero-order valence-electron chi connectivity index (χ0n) is 12.9. The Bertz CT molecular complexity index is 835. The molecule has 4 heteroatoms. The van der Waals surface area contributed by atoms with Crippen molar-refractivity contribution >= 4 is 34.0 Å². The standard InChI is InChI=1S/C20H16N2S2/c1-5-15(19-9-3-11-23-19)13-17(7-1)21-22-18-8-2-6-16(14-18)20-10-4-12-24-20/h1-14,21-22H. The van der Waals surface area contributed by atoms with Crippen LogP contribution in [0.1, 0.15) is 0 Å². The molecule has 0 fully saturated rings. The molecule has 0 saturated heterocycles. The Labute approximate surface area is 149 Å². The second-order valence-electron chi connectivity index (χ2n) is 5.37. The zero-order chi connectivity index (χ0) is 16.2. The van der Waals surface area contributed by atoms with Gasteiger partial charge in [-0.15, -0.1) is 22.7 Å². The molecule has 4 rings (SSSR count). The fourth-order valence-corrected chi connectivity index (χ4v) is 3.98. The summed E-state index contributed by atoms with van der Waals surface area (Å²) in [4.78, 5) is 2.55. The van der Waals surface area contributed by atoms with Crippen molar-refractivity contribution in [3.63, 3.8) is 0 Å². The minimum Gasteiger partial charge on any atom is -0.301 e. The van der Waals surface area contributed by atoms with Crippen molar-refractivity contribution in [2.75, 3.05) is 10.9 Å². The highest BCUT2D eigenvalue weighted by atomic mass is 32.1. The molecule has 0 spiro atoms. The van der Waals surface area contributed by atoms with Gasteiger partial charge in [0.25, 0.3) is 0 Å². The quantitative estimate of drug-likeness (QED) is 0.398. The molecule has 0 radical (unpaired) electrons. The van der Waals surface area contributed by atoms with Crippen molar-refractivity contribution in [1.82, 2.24) is 0 Å². The van der Waals surface area contributed by atoms with Crippen LogP contribution in [0, 0.1) is 0 Å². The van der Waals surface area contributed by atoms with Gasteiger partial charge in [-0.25, -0.2) is 0 Å². The van der Waals surface area contributed by atoms with Crippen LogP contribution in [0.15, 0.2) is 83.6 Å². The highest BCUT2D eigenvalue weighted by Gasteiger charge is 2.02. The third kappa shape index (κ3) is 3.35. The fourth-order valence-electron chi connectivity index (χ4n) is 2.53. The monoisotopic (exact) mass is 348 g/mol. The van der Waals surface area contributed by atoms with Gasteiger partial charge in [-0.2, -0.15) is 0 Å². The Morgan fingerprint density at radius 2 is 1.04 bits per heavy atom. The maximum absolute atomic E-state index is 3.29. The molecule has 0 bridgehead atoms. The van der Waals surface area contributed by atoms with Gasteiger partial charge in [0.2, 0.25) is 0 Å². The van der Waals surface area contributed by atoms with Crippen LogP contribution < -0.4 is 10.9 Å². The van der Waals surface area contributed by atoms with Crippen molar-refractivity contribution in [1.29, 1.82) is 0 Å². The number of nitrogens with one attached hydrogen (secondary N) is 2. The molecule has 0 atom stereocenters. The molecule has 4 aromatic rings. The van der Waals surface area contributed by atoms with Crippen molar-refractivity contribution in [2.24, 2.45) is 0 Å². The first kappa shape index (κ1) is 15.0. The summed E-state index contributed by atoms with van der Waals surface area (Å²) in [6.07, 6.45) is 0. The second-order valence-corrected chi connectivity index (χ2v) is 7.26. The number of rotatable bonds is 5. The van der Waals surface area contributed by atoms with Crippen LogP contribution in [-0.2, 0) is 0 Å². The molecule has 0 aliphatic heterocycles. The predicted molar refractivity (Wildman–Crippen MR) is 107 cm³/mol. The van der Waals surface area contributed by atoms with Crippen molar-refractivity contribution in [2.45, 2.75) is 0 Å². The van der Waals surface area contributed by atoms with E-state index in [1.807, 2.05) is 0 Å². The Kier molecular flexibility index (Phi) is 4.32. The van der Waals surface area contributed by atoms with Crippen LogP contribution in [0.5, 0.6) is 0 Å². The van der Waals surface area contributed by atoms with E-state index in [-0.39, 0.29) is 0 Å². The first-order valence-electron chi connectivity index (χ1n) is 7.68. The maximum Gasteiger partial charge on any atom is 0.0546 e. The summed E-state index contributed by atoms with van der Waals surface area (Å²) in [7, 11) is 0. The normalized spacial score (nSPS) is 10.5. The lowest BCUT2D eigenvalue weighted by Crippen LogP contribution is -2.08. The maximum atomic E-state index is 3.29. The number of thiophene rings is 2. The molecule has 2 N–H and O–H groups in total. The Morgan fingerprint density at radius 1 is 0.542 bits per heavy atom. The number of hydrogen-bond acceptors (Lipinski definition) is 4. The van der Waals surface area contributed by atoms with Gasteiger partial charge in [0.1, 0.15) is 0 Å². The lowest BCUT2D eigenvalue weighted by Gasteiger charge is -2.11. The predicted octanol–water partition coefficient (Wildman–Crippen LogP) is 6.58. The molecule has 2 aromatic heterocycles. The van der Waals surface area contributed by atoms with E-state index in [9.17, 15) is 0 Å². The zero-order valence-corrected chi connectivity index (χ0v) is 14.5. The third-order valence-corrected chi connectivity index (χ3v) is 5.53. The fraction of sp³-hybridized carbons (Fsp3) is 0. The van der Waals surface area contributed by atoms with Gasteiger partial charge >= 0.3 is 0 Å². The summed E-state index contributed by atoms with van der Waals surface area (Å²) in [6.45, 7) is 0. The molecule has 118 valence electrons. The summed E-state index contributed by atoms with van der Waals surface area (Å²) < 4.78 is 0. The van der Waals surface area contributed by atoms with Gasteiger partial charge < -0.3 is 10.9 Å². The average Bonchev–Trinajstić information content (AvgIpc) is 3.34. The second kappa shape index (κ2) is 6.91. The molecule has 2 aromatic carbocycles. The molecular formula is C20H16N2S2. The van der Waals surface area contributed by atoms with Crippen LogP contribution >= 0.6 is 22.7 Å².